The highest BCUT2D eigenvalue weighted by atomic mass is 32.2. The molecule has 186 valence electrons. The summed E-state index contributed by atoms with van der Waals surface area (Å²) in [5, 5.41) is 10.1. The predicted molar refractivity (Wildman–Crippen MR) is 146 cm³/mol. The molecular formula is C27H34N4O2S2. The van der Waals surface area contributed by atoms with E-state index in [9.17, 15) is 9.59 Å². The molecule has 1 aliphatic rings. The first kappa shape index (κ1) is 25.5. The van der Waals surface area contributed by atoms with E-state index in [4.69, 9.17) is 5.10 Å². The van der Waals surface area contributed by atoms with E-state index in [1.807, 2.05) is 41.9 Å². The first-order chi connectivity index (χ1) is 16.6. The summed E-state index contributed by atoms with van der Waals surface area (Å²) in [4.78, 5) is 29.3. The van der Waals surface area contributed by atoms with Gasteiger partial charge in [0.1, 0.15) is 12.4 Å². The van der Waals surface area contributed by atoms with Crippen LogP contribution >= 0.6 is 23.1 Å². The lowest BCUT2D eigenvalue weighted by atomic mass is 9.88. The van der Waals surface area contributed by atoms with E-state index in [0.717, 1.165) is 22.5 Å². The number of thiophene rings is 1. The van der Waals surface area contributed by atoms with Crippen molar-refractivity contribution in [3.05, 3.63) is 63.5 Å². The van der Waals surface area contributed by atoms with Crippen LogP contribution < -0.4 is 10.2 Å². The lowest BCUT2D eigenvalue weighted by molar-refractivity contribution is -0.123. The van der Waals surface area contributed by atoms with Gasteiger partial charge in [-0.25, -0.2) is 4.68 Å². The lowest BCUT2D eigenvalue weighted by Gasteiger charge is -2.24. The number of carbonyl (C=O) groups excluding carboxylic acids is 2. The summed E-state index contributed by atoms with van der Waals surface area (Å²) in [5.74, 6) is 1.09. The Bertz CT molecular complexity index is 1190. The number of nitrogens with one attached hydrogen (secondary N) is 1. The van der Waals surface area contributed by atoms with Gasteiger partial charge in [-0.2, -0.15) is 5.10 Å². The summed E-state index contributed by atoms with van der Waals surface area (Å²) in [6.45, 7) is 13.2. The minimum Gasteiger partial charge on any atom is -0.354 e. The van der Waals surface area contributed by atoms with Gasteiger partial charge in [-0.1, -0.05) is 58.4 Å². The molecule has 35 heavy (non-hydrogen) atoms. The first-order valence-corrected chi connectivity index (χ1v) is 13.9. The molecule has 3 heterocycles. The number of aryl methyl sites for hydroxylation is 1. The molecule has 3 aromatic rings. The largest absolute Gasteiger partial charge is 0.354 e. The van der Waals surface area contributed by atoms with Crippen molar-refractivity contribution >= 4 is 40.7 Å². The number of fused-ring (bicyclic) bond motifs is 1. The van der Waals surface area contributed by atoms with Crippen LogP contribution in [0.4, 0.5) is 5.82 Å². The minimum absolute atomic E-state index is 0.0303. The molecule has 0 spiro atoms. The molecule has 2 aromatic heterocycles. The number of thioether (sulfide) groups is 1. The predicted octanol–water partition coefficient (Wildman–Crippen LogP) is 5.48. The molecule has 6 nitrogen and oxygen atoms in total. The Kier molecular flexibility index (Phi) is 7.43. The quantitative estimate of drug-likeness (QED) is 0.477. The van der Waals surface area contributed by atoms with E-state index in [1.165, 1.54) is 4.88 Å². The molecule has 4 rings (SSSR count). The number of hydrogen-bond acceptors (Lipinski definition) is 5. The second kappa shape index (κ2) is 10.2. The van der Waals surface area contributed by atoms with Gasteiger partial charge in [0, 0.05) is 22.4 Å². The maximum atomic E-state index is 13.5. The molecule has 0 saturated heterocycles. The Morgan fingerprint density at radius 1 is 1.20 bits per heavy atom. The van der Waals surface area contributed by atoms with E-state index in [-0.39, 0.29) is 29.0 Å². The van der Waals surface area contributed by atoms with Crippen LogP contribution in [0.1, 0.15) is 61.6 Å². The standard InChI is InChI=1S/C27H34N4O2S2/c1-17(2)14-28-21(32)15-30-22(33)16-35-24(20-8-7-13-34-20)23-25(27(4,5)6)29-31(26(23)30)19-11-9-18(3)10-12-19/h7-13,17,24H,14-16H2,1-6H3,(H,28,32)/t24-/m1/s1. The fraction of sp³-hybridized carbons (Fsp3) is 0.444. The molecule has 0 aliphatic carbocycles. The van der Waals surface area contributed by atoms with Crippen molar-refractivity contribution < 1.29 is 9.59 Å². The number of nitrogens with zero attached hydrogens (tertiary/aromatic N) is 3. The van der Waals surface area contributed by atoms with Gasteiger partial charge in [-0.3, -0.25) is 14.5 Å². The van der Waals surface area contributed by atoms with Crippen molar-refractivity contribution in [2.45, 2.75) is 52.2 Å². The van der Waals surface area contributed by atoms with Crippen molar-refractivity contribution in [1.82, 2.24) is 15.1 Å². The highest BCUT2D eigenvalue weighted by molar-refractivity contribution is 8.00. The fourth-order valence-corrected chi connectivity index (χ4v) is 6.30. The summed E-state index contributed by atoms with van der Waals surface area (Å²) in [7, 11) is 0. The van der Waals surface area contributed by atoms with Crippen molar-refractivity contribution in [3.8, 4) is 5.69 Å². The summed E-state index contributed by atoms with van der Waals surface area (Å²) in [5.41, 5.74) is 3.74. The molecule has 1 atom stereocenters. The van der Waals surface area contributed by atoms with Gasteiger partial charge in [0.15, 0.2) is 0 Å². The molecular weight excluding hydrogens is 476 g/mol. The average Bonchev–Trinajstić information content (AvgIpc) is 3.43. The van der Waals surface area contributed by atoms with Crippen molar-refractivity contribution in [1.29, 1.82) is 0 Å². The number of anilines is 1. The first-order valence-electron chi connectivity index (χ1n) is 12.0. The van der Waals surface area contributed by atoms with E-state index >= 15 is 0 Å². The Balaban J connectivity index is 1.94. The van der Waals surface area contributed by atoms with Gasteiger partial charge in [0.2, 0.25) is 11.8 Å². The second-order valence-corrected chi connectivity index (χ2v) is 12.5. The van der Waals surface area contributed by atoms with Gasteiger partial charge < -0.3 is 5.32 Å². The number of aromatic nitrogens is 2. The third kappa shape index (κ3) is 5.48. The van der Waals surface area contributed by atoms with Gasteiger partial charge in [0.25, 0.3) is 0 Å². The molecule has 1 N–H and O–H groups in total. The lowest BCUT2D eigenvalue weighted by Crippen LogP contribution is -2.43. The van der Waals surface area contributed by atoms with Crippen LogP contribution in [0.25, 0.3) is 5.69 Å². The summed E-state index contributed by atoms with van der Waals surface area (Å²) >= 11 is 3.31. The Morgan fingerprint density at radius 2 is 1.91 bits per heavy atom. The molecule has 1 aliphatic heterocycles. The SMILES string of the molecule is Cc1ccc(-n2nc(C(C)(C)C)c3c2N(CC(=O)NCC(C)C)C(=O)CS[C@@H]3c2cccs2)cc1. The van der Waals surface area contributed by atoms with Crippen LogP contribution in [-0.4, -0.2) is 40.4 Å². The van der Waals surface area contributed by atoms with Crippen molar-refractivity contribution in [3.63, 3.8) is 0 Å². The maximum absolute atomic E-state index is 13.5. The molecule has 0 radical (unpaired) electrons. The van der Waals surface area contributed by atoms with Crippen LogP contribution in [-0.2, 0) is 15.0 Å². The van der Waals surface area contributed by atoms with Crippen LogP contribution in [0.5, 0.6) is 0 Å². The van der Waals surface area contributed by atoms with E-state index < -0.39 is 0 Å². The van der Waals surface area contributed by atoms with Crippen LogP contribution in [0.15, 0.2) is 41.8 Å². The number of hydrogen-bond donors (Lipinski definition) is 1. The zero-order valence-corrected chi connectivity index (χ0v) is 22.9. The van der Waals surface area contributed by atoms with Crippen LogP contribution in [0.3, 0.4) is 0 Å². The number of amides is 2. The monoisotopic (exact) mass is 510 g/mol. The molecule has 0 fully saturated rings. The second-order valence-electron chi connectivity index (χ2n) is 10.5. The topological polar surface area (TPSA) is 67.2 Å². The molecule has 2 amide bonds. The summed E-state index contributed by atoms with van der Waals surface area (Å²) < 4.78 is 1.87. The van der Waals surface area contributed by atoms with Crippen LogP contribution in [0.2, 0.25) is 0 Å². The molecule has 8 heteroatoms. The third-order valence-electron chi connectivity index (χ3n) is 5.89. The Hall–Kier alpha value is -2.58. The van der Waals surface area contributed by atoms with Crippen molar-refractivity contribution in [2.75, 3.05) is 23.7 Å². The number of benzene rings is 1. The van der Waals surface area contributed by atoms with Crippen LogP contribution in [0, 0.1) is 12.8 Å². The zero-order valence-electron chi connectivity index (χ0n) is 21.3. The third-order valence-corrected chi connectivity index (χ3v) is 8.21. The van der Waals surface area contributed by atoms with E-state index in [2.05, 4.69) is 51.4 Å². The smallest absolute Gasteiger partial charge is 0.240 e. The van der Waals surface area contributed by atoms with Gasteiger partial charge >= 0.3 is 0 Å². The van der Waals surface area contributed by atoms with Crippen molar-refractivity contribution in [2.24, 2.45) is 5.92 Å². The fourth-order valence-electron chi connectivity index (χ4n) is 4.12. The number of rotatable bonds is 6. The van der Waals surface area contributed by atoms with Gasteiger partial charge in [-0.05, 0) is 36.4 Å². The number of carbonyl (C=O) groups is 2. The Labute approximate surface area is 216 Å². The maximum Gasteiger partial charge on any atom is 0.240 e. The molecule has 1 aromatic carbocycles. The minimum atomic E-state index is -0.255. The molecule has 0 unspecified atom stereocenters. The van der Waals surface area contributed by atoms with E-state index in [0.29, 0.717) is 24.0 Å². The summed E-state index contributed by atoms with van der Waals surface area (Å²) in [6.07, 6.45) is 0. The van der Waals surface area contributed by atoms with Gasteiger partial charge in [-0.15, -0.1) is 23.1 Å². The molecule has 0 bridgehead atoms. The zero-order chi connectivity index (χ0) is 25.3. The Morgan fingerprint density at radius 3 is 2.51 bits per heavy atom. The highest BCUT2D eigenvalue weighted by Crippen LogP contribution is 2.49. The highest BCUT2D eigenvalue weighted by Gasteiger charge is 2.40. The van der Waals surface area contributed by atoms with E-state index in [1.54, 1.807) is 28.0 Å². The van der Waals surface area contributed by atoms with Gasteiger partial charge in [0.05, 0.1) is 22.4 Å². The summed E-state index contributed by atoms with van der Waals surface area (Å²) in [6, 6.07) is 12.3. The normalized spacial score (nSPS) is 16.4. The average molecular weight is 511 g/mol. The molecule has 0 saturated carbocycles.